The summed E-state index contributed by atoms with van der Waals surface area (Å²) in [5.74, 6) is 0.457. The summed E-state index contributed by atoms with van der Waals surface area (Å²) in [6.45, 7) is 1.93. The lowest BCUT2D eigenvalue weighted by molar-refractivity contribution is -0.117. The van der Waals surface area contributed by atoms with Crippen molar-refractivity contribution in [1.29, 1.82) is 0 Å². The summed E-state index contributed by atoms with van der Waals surface area (Å²) in [7, 11) is -3.64. The number of aryl methyl sites for hydroxylation is 1. The largest absolute Gasteiger partial charge is 0.354 e. The van der Waals surface area contributed by atoms with Crippen LogP contribution in [0, 0.1) is 12.8 Å². The van der Waals surface area contributed by atoms with Gasteiger partial charge in [0.05, 0.1) is 0 Å². The SMILES string of the molecule is Cc1noc(C=Cc2ccc(S(=O)(=O)NCc3ccc(Cl)cc3)s2)c1NC(=O)C1CC1. The molecule has 1 aliphatic rings. The smallest absolute Gasteiger partial charge is 0.250 e. The van der Waals surface area contributed by atoms with Crippen molar-refractivity contribution in [3.63, 3.8) is 0 Å². The maximum atomic E-state index is 12.6. The first-order valence-electron chi connectivity index (χ1n) is 9.61. The molecule has 1 amide bonds. The lowest BCUT2D eigenvalue weighted by atomic mass is 10.2. The van der Waals surface area contributed by atoms with Crippen molar-refractivity contribution < 1.29 is 17.7 Å². The summed E-state index contributed by atoms with van der Waals surface area (Å²) in [6, 6.07) is 10.2. The first-order valence-corrected chi connectivity index (χ1v) is 12.3. The second-order valence-corrected chi connectivity index (χ2v) is 10.8. The first kappa shape index (κ1) is 21.8. The van der Waals surface area contributed by atoms with Crippen molar-refractivity contribution in [2.45, 2.75) is 30.5 Å². The molecule has 2 heterocycles. The Morgan fingerprint density at radius 3 is 2.68 bits per heavy atom. The Morgan fingerprint density at radius 1 is 1.23 bits per heavy atom. The van der Waals surface area contributed by atoms with Crippen LogP contribution >= 0.6 is 22.9 Å². The topological polar surface area (TPSA) is 101 Å². The van der Waals surface area contributed by atoms with Gasteiger partial charge in [0.1, 0.15) is 15.6 Å². The Hall–Kier alpha value is -2.46. The molecule has 2 aromatic heterocycles. The van der Waals surface area contributed by atoms with Crippen molar-refractivity contribution >= 4 is 56.7 Å². The van der Waals surface area contributed by atoms with Gasteiger partial charge in [-0.25, -0.2) is 13.1 Å². The molecule has 0 radical (unpaired) electrons. The Kier molecular flexibility index (Phi) is 6.29. The molecule has 10 heteroatoms. The highest BCUT2D eigenvalue weighted by Gasteiger charge is 2.30. The number of sulfonamides is 1. The lowest BCUT2D eigenvalue weighted by Crippen LogP contribution is -2.22. The van der Waals surface area contributed by atoms with Crippen molar-refractivity contribution in [3.05, 3.63) is 63.3 Å². The number of hydrogen-bond acceptors (Lipinski definition) is 6. The van der Waals surface area contributed by atoms with Crippen LogP contribution in [-0.4, -0.2) is 19.5 Å². The third kappa shape index (κ3) is 5.43. The van der Waals surface area contributed by atoms with E-state index in [9.17, 15) is 13.2 Å². The van der Waals surface area contributed by atoms with E-state index in [1.165, 1.54) is 0 Å². The average molecular weight is 478 g/mol. The van der Waals surface area contributed by atoms with Crippen LogP contribution in [0.4, 0.5) is 5.69 Å². The standard InChI is InChI=1S/C21H20ClN3O4S2/c1-13-20(24-21(26)15-4-5-15)18(29-25-13)10-8-17-9-11-19(30-17)31(27,28)23-12-14-2-6-16(22)7-3-14/h2-3,6-11,15,23H,4-5,12H2,1H3,(H,24,26). The Labute approximate surface area is 189 Å². The van der Waals surface area contributed by atoms with E-state index < -0.39 is 10.0 Å². The third-order valence-electron chi connectivity index (χ3n) is 4.73. The fourth-order valence-electron chi connectivity index (χ4n) is 2.80. The zero-order chi connectivity index (χ0) is 22.0. The summed E-state index contributed by atoms with van der Waals surface area (Å²) < 4.78 is 33.3. The van der Waals surface area contributed by atoms with Crippen LogP contribution in [0.1, 0.15) is 34.7 Å². The van der Waals surface area contributed by atoms with E-state index in [2.05, 4.69) is 15.2 Å². The van der Waals surface area contributed by atoms with Crippen LogP contribution in [0.5, 0.6) is 0 Å². The van der Waals surface area contributed by atoms with E-state index in [0.29, 0.717) is 22.2 Å². The zero-order valence-corrected chi connectivity index (χ0v) is 19.0. The van der Waals surface area contributed by atoms with Crippen LogP contribution in [0.3, 0.4) is 0 Å². The molecular formula is C21H20ClN3O4S2. The number of benzene rings is 1. The Balaban J connectivity index is 1.43. The van der Waals surface area contributed by atoms with Crippen LogP contribution in [0.25, 0.3) is 12.2 Å². The van der Waals surface area contributed by atoms with Crippen LogP contribution < -0.4 is 10.0 Å². The van der Waals surface area contributed by atoms with Gasteiger partial charge in [0.2, 0.25) is 15.9 Å². The minimum atomic E-state index is -3.64. The quantitative estimate of drug-likeness (QED) is 0.489. The van der Waals surface area contributed by atoms with Gasteiger partial charge in [-0.05, 0) is 61.7 Å². The molecule has 2 N–H and O–H groups in total. The number of carbonyl (C=O) groups excluding carboxylic acids is 1. The van der Waals surface area contributed by atoms with E-state index >= 15 is 0 Å². The van der Waals surface area contributed by atoms with Crippen LogP contribution in [0.2, 0.25) is 5.02 Å². The van der Waals surface area contributed by atoms with Crippen molar-refractivity contribution in [1.82, 2.24) is 9.88 Å². The summed E-state index contributed by atoms with van der Waals surface area (Å²) in [4.78, 5) is 12.8. The molecule has 1 aliphatic carbocycles. The van der Waals surface area contributed by atoms with E-state index in [4.69, 9.17) is 16.1 Å². The highest BCUT2D eigenvalue weighted by atomic mass is 35.5. The van der Waals surface area contributed by atoms with Gasteiger partial charge in [0, 0.05) is 22.4 Å². The lowest BCUT2D eigenvalue weighted by Gasteiger charge is -2.05. The molecule has 0 spiro atoms. The van der Waals surface area contributed by atoms with E-state index in [0.717, 1.165) is 34.6 Å². The van der Waals surface area contributed by atoms with Crippen molar-refractivity contribution in [2.24, 2.45) is 5.92 Å². The third-order valence-corrected chi connectivity index (χ3v) is 7.93. The van der Waals surface area contributed by atoms with Gasteiger partial charge in [0.15, 0.2) is 5.76 Å². The predicted octanol–water partition coefficient (Wildman–Crippen LogP) is 4.70. The molecule has 3 aromatic rings. The molecule has 1 aromatic carbocycles. The Morgan fingerprint density at radius 2 is 1.97 bits per heavy atom. The van der Waals surface area contributed by atoms with Crippen molar-refractivity contribution in [3.8, 4) is 0 Å². The van der Waals surface area contributed by atoms with Gasteiger partial charge >= 0.3 is 0 Å². The highest BCUT2D eigenvalue weighted by molar-refractivity contribution is 7.91. The number of nitrogens with one attached hydrogen (secondary N) is 2. The molecule has 0 aliphatic heterocycles. The summed E-state index contributed by atoms with van der Waals surface area (Å²) >= 11 is 6.98. The summed E-state index contributed by atoms with van der Waals surface area (Å²) in [5.41, 5.74) is 1.95. The number of carbonyl (C=O) groups is 1. The second-order valence-electron chi connectivity index (χ2n) is 7.21. The number of halogens is 1. The number of thiophene rings is 1. The predicted molar refractivity (Wildman–Crippen MR) is 121 cm³/mol. The van der Waals surface area contributed by atoms with Crippen LogP contribution in [0.15, 0.2) is 45.1 Å². The maximum Gasteiger partial charge on any atom is 0.250 e. The zero-order valence-electron chi connectivity index (χ0n) is 16.6. The molecule has 0 bridgehead atoms. The van der Waals surface area contributed by atoms with Gasteiger partial charge in [-0.2, -0.15) is 0 Å². The first-order chi connectivity index (χ1) is 14.8. The monoisotopic (exact) mass is 477 g/mol. The minimum Gasteiger partial charge on any atom is -0.354 e. The van der Waals surface area contributed by atoms with Gasteiger partial charge in [-0.3, -0.25) is 4.79 Å². The number of rotatable bonds is 8. The Bertz CT molecular complexity index is 1230. The van der Waals surface area contributed by atoms with E-state index in [1.54, 1.807) is 55.5 Å². The van der Waals surface area contributed by atoms with E-state index in [-0.39, 0.29) is 22.6 Å². The molecule has 7 nitrogen and oxygen atoms in total. The summed E-state index contributed by atoms with van der Waals surface area (Å²) in [6.07, 6.45) is 5.21. The number of amides is 1. The molecule has 1 fully saturated rings. The molecule has 0 unspecified atom stereocenters. The van der Waals surface area contributed by atoms with Gasteiger partial charge in [0.25, 0.3) is 0 Å². The summed E-state index contributed by atoms with van der Waals surface area (Å²) in [5, 5.41) is 7.37. The number of anilines is 1. The van der Waals surface area contributed by atoms with Gasteiger partial charge in [-0.15, -0.1) is 11.3 Å². The fraction of sp³-hybridized carbons (Fsp3) is 0.238. The molecule has 162 valence electrons. The van der Waals surface area contributed by atoms with E-state index in [1.807, 2.05) is 0 Å². The minimum absolute atomic E-state index is 0.0304. The number of aromatic nitrogens is 1. The molecule has 0 saturated heterocycles. The van der Waals surface area contributed by atoms with Gasteiger partial charge < -0.3 is 9.84 Å². The molecule has 4 rings (SSSR count). The number of hydrogen-bond donors (Lipinski definition) is 2. The van der Waals surface area contributed by atoms with Crippen molar-refractivity contribution in [2.75, 3.05) is 5.32 Å². The fourth-order valence-corrected chi connectivity index (χ4v) is 5.22. The van der Waals surface area contributed by atoms with Gasteiger partial charge in [-0.1, -0.05) is 28.9 Å². The highest BCUT2D eigenvalue weighted by Crippen LogP contribution is 2.32. The molecule has 0 atom stereocenters. The normalized spacial score (nSPS) is 14.3. The maximum absolute atomic E-state index is 12.6. The molecule has 31 heavy (non-hydrogen) atoms. The van der Waals surface area contributed by atoms with Crippen LogP contribution in [-0.2, 0) is 21.4 Å². The second kappa shape index (κ2) is 8.96. The number of nitrogens with zero attached hydrogens (tertiary/aromatic N) is 1. The average Bonchev–Trinajstić information content (AvgIpc) is 3.39. The molecular weight excluding hydrogens is 458 g/mol. The molecule has 1 saturated carbocycles.